The maximum atomic E-state index is 11.4. The number of ether oxygens (including phenoxy) is 1. The zero-order valence-electron chi connectivity index (χ0n) is 12.1. The number of hydrogen-bond donors (Lipinski definition) is 2. The molecule has 0 fully saturated rings. The summed E-state index contributed by atoms with van der Waals surface area (Å²) < 4.78 is 5.42. The molecular weight excluding hydrogens is 252 g/mol. The number of hydrogen-bond acceptors (Lipinski definition) is 3. The number of amides is 1. The number of carbonyl (C=O) groups excluding carboxylic acids is 1. The molecule has 0 saturated heterocycles. The monoisotopic (exact) mass is 274 g/mol. The Hall–Kier alpha value is -1.99. The molecule has 0 aliphatic carbocycles. The standard InChI is InChI=1S/C16H22N2O2/c1-4-8-18-16(19)12-20-15-7-5-6-14(9-15)11-17-10-13(2)3/h1,5-7,9,13,17H,8,10-12H2,2-3H3,(H,18,19). The van der Waals surface area contributed by atoms with Gasteiger partial charge in [-0.15, -0.1) is 6.42 Å². The second kappa shape index (κ2) is 9.00. The smallest absolute Gasteiger partial charge is 0.258 e. The Labute approximate surface area is 120 Å². The zero-order chi connectivity index (χ0) is 14.8. The number of nitrogens with one attached hydrogen (secondary N) is 2. The molecule has 2 N–H and O–H groups in total. The van der Waals surface area contributed by atoms with E-state index in [1.807, 2.05) is 24.3 Å². The third-order valence-corrected chi connectivity index (χ3v) is 2.54. The first-order valence-electron chi connectivity index (χ1n) is 6.74. The van der Waals surface area contributed by atoms with E-state index in [0.717, 1.165) is 18.7 Å². The zero-order valence-corrected chi connectivity index (χ0v) is 12.1. The molecule has 1 rings (SSSR count). The van der Waals surface area contributed by atoms with Gasteiger partial charge in [0, 0.05) is 6.54 Å². The largest absolute Gasteiger partial charge is 0.484 e. The Bertz CT molecular complexity index is 464. The molecule has 108 valence electrons. The highest BCUT2D eigenvalue weighted by Crippen LogP contribution is 2.13. The Kier molecular flexibility index (Phi) is 7.23. The van der Waals surface area contributed by atoms with Crippen LogP contribution in [0.2, 0.25) is 0 Å². The highest BCUT2D eigenvalue weighted by atomic mass is 16.5. The van der Waals surface area contributed by atoms with Crippen molar-refractivity contribution < 1.29 is 9.53 Å². The first-order chi connectivity index (χ1) is 9.61. The van der Waals surface area contributed by atoms with E-state index in [2.05, 4.69) is 30.4 Å². The van der Waals surface area contributed by atoms with Gasteiger partial charge in [-0.05, 0) is 30.2 Å². The molecule has 1 aromatic carbocycles. The lowest BCUT2D eigenvalue weighted by atomic mass is 10.2. The summed E-state index contributed by atoms with van der Waals surface area (Å²) in [4.78, 5) is 11.4. The molecule has 0 aromatic heterocycles. The molecule has 4 heteroatoms. The van der Waals surface area contributed by atoms with Crippen LogP contribution in [0.25, 0.3) is 0 Å². The molecule has 4 nitrogen and oxygen atoms in total. The van der Waals surface area contributed by atoms with Crippen molar-refractivity contribution in [1.29, 1.82) is 0 Å². The van der Waals surface area contributed by atoms with Crippen LogP contribution in [-0.4, -0.2) is 25.6 Å². The predicted octanol–water partition coefficient (Wildman–Crippen LogP) is 1.56. The first kappa shape index (κ1) is 16.1. The fourth-order valence-corrected chi connectivity index (χ4v) is 1.60. The Morgan fingerprint density at radius 2 is 2.25 bits per heavy atom. The maximum absolute atomic E-state index is 11.4. The van der Waals surface area contributed by atoms with E-state index in [1.54, 1.807) is 0 Å². The van der Waals surface area contributed by atoms with Gasteiger partial charge in [0.1, 0.15) is 5.75 Å². The third-order valence-electron chi connectivity index (χ3n) is 2.54. The highest BCUT2D eigenvalue weighted by molar-refractivity contribution is 5.77. The van der Waals surface area contributed by atoms with Crippen molar-refractivity contribution in [3.05, 3.63) is 29.8 Å². The van der Waals surface area contributed by atoms with Gasteiger partial charge < -0.3 is 15.4 Å². The highest BCUT2D eigenvalue weighted by Gasteiger charge is 2.02. The van der Waals surface area contributed by atoms with Crippen molar-refractivity contribution in [2.75, 3.05) is 19.7 Å². The van der Waals surface area contributed by atoms with Gasteiger partial charge in [0.05, 0.1) is 6.54 Å². The molecule has 0 bridgehead atoms. The summed E-state index contributed by atoms with van der Waals surface area (Å²) in [5, 5.41) is 5.92. The van der Waals surface area contributed by atoms with Crippen LogP contribution in [0.1, 0.15) is 19.4 Å². The molecule has 0 radical (unpaired) electrons. The average Bonchev–Trinajstić information content (AvgIpc) is 2.43. The van der Waals surface area contributed by atoms with E-state index in [9.17, 15) is 4.79 Å². The second-order valence-electron chi connectivity index (χ2n) is 4.94. The average molecular weight is 274 g/mol. The van der Waals surface area contributed by atoms with Gasteiger partial charge in [0.25, 0.3) is 5.91 Å². The van der Waals surface area contributed by atoms with Gasteiger partial charge in [-0.2, -0.15) is 0 Å². The number of carbonyl (C=O) groups is 1. The molecule has 0 aliphatic rings. The van der Waals surface area contributed by atoms with Crippen molar-refractivity contribution in [2.45, 2.75) is 20.4 Å². The molecule has 1 amide bonds. The lowest BCUT2D eigenvalue weighted by Crippen LogP contribution is -2.29. The van der Waals surface area contributed by atoms with E-state index >= 15 is 0 Å². The normalized spacial score (nSPS) is 10.1. The molecule has 0 spiro atoms. The van der Waals surface area contributed by atoms with Crippen LogP contribution in [0.15, 0.2) is 24.3 Å². The minimum Gasteiger partial charge on any atom is -0.484 e. The van der Waals surface area contributed by atoms with E-state index < -0.39 is 0 Å². The summed E-state index contributed by atoms with van der Waals surface area (Å²) in [7, 11) is 0. The van der Waals surface area contributed by atoms with Crippen molar-refractivity contribution in [3.8, 4) is 18.1 Å². The van der Waals surface area contributed by atoms with Gasteiger partial charge in [-0.3, -0.25) is 4.79 Å². The molecule has 1 aromatic rings. The lowest BCUT2D eigenvalue weighted by molar-refractivity contribution is -0.122. The number of benzene rings is 1. The fourth-order valence-electron chi connectivity index (χ4n) is 1.60. The van der Waals surface area contributed by atoms with Crippen molar-refractivity contribution in [3.63, 3.8) is 0 Å². The molecule has 0 saturated carbocycles. The summed E-state index contributed by atoms with van der Waals surface area (Å²) >= 11 is 0. The van der Waals surface area contributed by atoms with Crippen LogP contribution in [0.5, 0.6) is 5.75 Å². The van der Waals surface area contributed by atoms with E-state index in [1.165, 1.54) is 0 Å². The summed E-state index contributed by atoms with van der Waals surface area (Å²) in [6, 6.07) is 7.71. The van der Waals surface area contributed by atoms with Crippen LogP contribution in [0.3, 0.4) is 0 Å². The van der Waals surface area contributed by atoms with Crippen LogP contribution in [0.4, 0.5) is 0 Å². The fraction of sp³-hybridized carbons (Fsp3) is 0.438. The van der Waals surface area contributed by atoms with Crippen molar-refractivity contribution in [2.24, 2.45) is 5.92 Å². The topological polar surface area (TPSA) is 50.4 Å². The van der Waals surface area contributed by atoms with Crippen molar-refractivity contribution >= 4 is 5.91 Å². The van der Waals surface area contributed by atoms with Gasteiger partial charge in [0.2, 0.25) is 0 Å². The van der Waals surface area contributed by atoms with Crippen LogP contribution >= 0.6 is 0 Å². The number of rotatable bonds is 8. The molecule has 0 atom stereocenters. The van der Waals surface area contributed by atoms with E-state index in [4.69, 9.17) is 11.2 Å². The van der Waals surface area contributed by atoms with E-state index in [-0.39, 0.29) is 19.1 Å². The van der Waals surface area contributed by atoms with Crippen LogP contribution in [-0.2, 0) is 11.3 Å². The van der Waals surface area contributed by atoms with Gasteiger partial charge in [-0.25, -0.2) is 0 Å². The van der Waals surface area contributed by atoms with Crippen LogP contribution in [0, 0.1) is 18.3 Å². The SMILES string of the molecule is C#CCNC(=O)COc1cccc(CNCC(C)C)c1. The first-order valence-corrected chi connectivity index (χ1v) is 6.74. The predicted molar refractivity (Wildman–Crippen MR) is 80.3 cm³/mol. The van der Waals surface area contributed by atoms with Gasteiger partial charge in [0.15, 0.2) is 6.61 Å². The Morgan fingerprint density at radius 1 is 1.45 bits per heavy atom. The third kappa shape index (κ3) is 6.81. The van der Waals surface area contributed by atoms with Crippen LogP contribution < -0.4 is 15.4 Å². The Morgan fingerprint density at radius 3 is 2.95 bits per heavy atom. The molecular formula is C16H22N2O2. The summed E-state index contributed by atoms with van der Waals surface area (Å²) in [6.07, 6.45) is 5.06. The molecule has 0 unspecified atom stereocenters. The summed E-state index contributed by atoms with van der Waals surface area (Å²) in [6.45, 7) is 6.30. The van der Waals surface area contributed by atoms with Gasteiger partial charge in [-0.1, -0.05) is 31.9 Å². The lowest BCUT2D eigenvalue weighted by Gasteiger charge is -2.10. The summed E-state index contributed by atoms with van der Waals surface area (Å²) in [5.41, 5.74) is 1.13. The van der Waals surface area contributed by atoms with Crippen molar-refractivity contribution in [1.82, 2.24) is 10.6 Å². The number of terminal acetylenes is 1. The molecule has 20 heavy (non-hydrogen) atoms. The maximum Gasteiger partial charge on any atom is 0.258 e. The molecule has 0 heterocycles. The second-order valence-corrected chi connectivity index (χ2v) is 4.94. The minimum absolute atomic E-state index is 0.0233. The molecule has 0 aliphatic heterocycles. The quantitative estimate of drug-likeness (QED) is 0.707. The van der Waals surface area contributed by atoms with Gasteiger partial charge >= 0.3 is 0 Å². The summed E-state index contributed by atoms with van der Waals surface area (Å²) in [5.74, 6) is 3.43. The minimum atomic E-state index is -0.216. The van der Waals surface area contributed by atoms with E-state index in [0.29, 0.717) is 11.7 Å². The Balaban J connectivity index is 2.39.